The molecular formula is C20H29ClN4O3. The van der Waals surface area contributed by atoms with E-state index in [0.717, 1.165) is 18.9 Å². The number of carbonyl (C=O) groups is 2. The quantitative estimate of drug-likeness (QED) is 0.704. The van der Waals surface area contributed by atoms with E-state index in [-0.39, 0.29) is 17.9 Å². The molecule has 2 aliphatic heterocycles. The second kappa shape index (κ2) is 8.55. The molecule has 28 heavy (non-hydrogen) atoms. The highest BCUT2D eigenvalue weighted by Gasteiger charge is 2.33. The summed E-state index contributed by atoms with van der Waals surface area (Å²) in [5.74, 6) is 1.03. The summed E-state index contributed by atoms with van der Waals surface area (Å²) in [6.07, 6.45) is 1.09. The van der Waals surface area contributed by atoms with Gasteiger partial charge in [-0.15, -0.1) is 0 Å². The number of hydrogen-bond acceptors (Lipinski definition) is 5. The predicted octanol–water partition coefficient (Wildman–Crippen LogP) is 3.03. The van der Waals surface area contributed by atoms with Crippen molar-refractivity contribution in [2.45, 2.75) is 39.2 Å². The summed E-state index contributed by atoms with van der Waals surface area (Å²) in [7, 11) is 0. The monoisotopic (exact) mass is 408 g/mol. The van der Waals surface area contributed by atoms with E-state index in [1.165, 1.54) is 0 Å². The standard InChI is InChI=1S/C20H29ClN4O3/c1-20(2,3)28-19(27)25-9-7-15(8-10-25)18(26)24-13-11-23(12-14-24)17-6-4-5-16(21)22-17/h4-6,15H,7-14H2,1-3H3. The van der Waals surface area contributed by atoms with E-state index in [1.54, 1.807) is 11.0 Å². The first-order valence-electron chi connectivity index (χ1n) is 9.87. The molecule has 3 heterocycles. The molecule has 8 heteroatoms. The van der Waals surface area contributed by atoms with Gasteiger partial charge in [0.15, 0.2) is 0 Å². The predicted molar refractivity (Wildman–Crippen MR) is 109 cm³/mol. The maximum atomic E-state index is 12.9. The summed E-state index contributed by atoms with van der Waals surface area (Å²) in [5.41, 5.74) is -0.499. The number of piperazine rings is 1. The summed E-state index contributed by atoms with van der Waals surface area (Å²) < 4.78 is 5.42. The smallest absolute Gasteiger partial charge is 0.410 e. The van der Waals surface area contributed by atoms with Crippen molar-refractivity contribution in [2.24, 2.45) is 5.92 Å². The molecule has 2 amide bonds. The molecule has 3 rings (SSSR count). The Kier molecular flexibility index (Phi) is 6.33. The number of carbonyl (C=O) groups excluding carboxylic acids is 2. The zero-order valence-corrected chi connectivity index (χ0v) is 17.6. The average Bonchev–Trinajstić information content (AvgIpc) is 2.66. The van der Waals surface area contributed by atoms with Crippen molar-refractivity contribution in [3.8, 4) is 0 Å². The topological polar surface area (TPSA) is 66.0 Å². The molecule has 0 aliphatic carbocycles. The van der Waals surface area contributed by atoms with Gasteiger partial charge < -0.3 is 19.4 Å². The molecule has 2 fully saturated rings. The Morgan fingerprint density at radius 1 is 1.04 bits per heavy atom. The number of hydrogen-bond donors (Lipinski definition) is 0. The SMILES string of the molecule is CC(C)(C)OC(=O)N1CCC(C(=O)N2CCN(c3cccc(Cl)n3)CC2)CC1. The van der Waals surface area contributed by atoms with Gasteiger partial charge in [0.25, 0.3) is 0 Å². The fraction of sp³-hybridized carbons (Fsp3) is 0.650. The number of aromatic nitrogens is 1. The van der Waals surface area contributed by atoms with Crippen LogP contribution in [0.2, 0.25) is 5.15 Å². The van der Waals surface area contributed by atoms with E-state index in [4.69, 9.17) is 16.3 Å². The van der Waals surface area contributed by atoms with Crippen molar-refractivity contribution < 1.29 is 14.3 Å². The lowest BCUT2D eigenvalue weighted by Crippen LogP contribution is -2.52. The Labute approximate surface area is 171 Å². The third-order valence-corrected chi connectivity index (χ3v) is 5.32. The lowest BCUT2D eigenvalue weighted by molar-refractivity contribution is -0.137. The Balaban J connectivity index is 1.47. The zero-order chi connectivity index (χ0) is 20.3. The van der Waals surface area contributed by atoms with E-state index in [2.05, 4.69) is 9.88 Å². The van der Waals surface area contributed by atoms with E-state index >= 15 is 0 Å². The molecule has 0 unspecified atom stereocenters. The maximum Gasteiger partial charge on any atom is 0.410 e. The van der Waals surface area contributed by atoms with Crippen LogP contribution in [0.15, 0.2) is 18.2 Å². The molecule has 0 atom stereocenters. The number of rotatable bonds is 2. The second-order valence-corrected chi connectivity index (χ2v) is 8.76. The van der Waals surface area contributed by atoms with Gasteiger partial charge in [0, 0.05) is 45.2 Å². The Morgan fingerprint density at radius 3 is 2.25 bits per heavy atom. The van der Waals surface area contributed by atoms with Crippen LogP contribution in [-0.2, 0) is 9.53 Å². The first kappa shape index (κ1) is 20.7. The Bertz CT molecular complexity index is 706. The molecule has 0 saturated carbocycles. The summed E-state index contributed by atoms with van der Waals surface area (Å²) in [6.45, 7) is 9.57. The number of pyridine rings is 1. The second-order valence-electron chi connectivity index (χ2n) is 8.37. The van der Waals surface area contributed by atoms with Gasteiger partial charge >= 0.3 is 6.09 Å². The van der Waals surface area contributed by atoms with Crippen LogP contribution in [0.3, 0.4) is 0 Å². The minimum atomic E-state index is -0.499. The first-order valence-corrected chi connectivity index (χ1v) is 10.2. The fourth-order valence-electron chi connectivity index (χ4n) is 3.62. The highest BCUT2D eigenvalue weighted by atomic mass is 35.5. The molecule has 7 nitrogen and oxygen atoms in total. The number of halogens is 1. The van der Waals surface area contributed by atoms with Crippen LogP contribution in [0.5, 0.6) is 0 Å². The molecule has 0 radical (unpaired) electrons. The minimum Gasteiger partial charge on any atom is -0.444 e. The van der Waals surface area contributed by atoms with Crippen molar-refractivity contribution in [1.29, 1.82) is 0 Å². The lowest BCUT2D eigenvalue weighted by Gasteiger charge is -2.39. The Hall–Kier alpha value is -2.02. The number of piperidine rings is 1. The molecule has 1 aromatic rings. The van der Waals surface area contributed by atoms with Crippen LogP contribution in [0.4, 0.5) is 10.6 Å². The van der Waals surface area contributed by atoms with Crippen LogP contribution in [0.1, 0.15) is 33.6 Å². The minimum absolute atomic E-state index is 0.0190. The van der Waals surface area contributed by atoms with E-state index in [9.17, 15) is 9.59 Å². The number of ether oxygens (including phenoxy) is 1. The van der Waals surface area contributed by atoms with Crippen LogP contribution in [0.25, 0.3) is 0 Å². The van der Waals surface area contributed by atoms with Crippen LogP contribution in [-0.4, -0.2) is 71.7 Å². The third-order valence-electron chi connectivity index (χ3n) is 5.11. The molecule has 2 saturated heterocycles. The molecular weight excluding hydrogens is 380 g/mol. The highest BCUT2D eigenvalue weighted by molar-refractivity contribution is 6.29. The van der Waals surface area contributed by atoms with Crippen LogP contribution in [0, 0.1) is 5.92 Å². The normalized spacial score (nSPS) is 18.9. The van der Waals surface area contributed by atoms with E-state index in [0.29, 0.717) is 44.2 Å². The summed E-state index contributed by atoms with van der Waals surface area (Å²) in [6, 6.07) is 5.59. The van der Waals surface area contributed by atoms with Gasteiger partial charge in [-0.05, 0) is 45.7 Å². The number of nitrogens with zero attached hydrogens (tertiary/aromatic N) is 4. The molecule has 2 aliphatic rings. The van der Waals surface area contributed by atoms with Crippen molar-refractivity contribution in [2.75, 3.05) is 44.2 Å². The van der Waals surface area contributed by atoms with Gasteiger partial charge in [0.1, 0.15) is 16.6 Å². The lowest BCUT2D eigenvalue weighted by atomic mass is 9.95. The molecule has 154 valence electrons. The fourth-order valence-corrected chi connectivity index (χ4v) is 3.78. The van der Waals surface area contributed by atoms with Crippen molar-refractivity contribution in [3.05, 3.63) is 23.4 Å². The average molecular weight is 409 g/mol. The van der Waals surface area contributed by atoms with Crippen LogP contribution < -0.4 is 4.90 Å². The van der Waals surface area contributed by atoms with Crippen molar-refractivity contribution in [1.82, 2.24) is 14.8 Å². The Morgan fingerprint density at radius 2 is 1.68 bits per heavy atom. The number of anilines is 1. The summed E-state index contributed by atoms with van der Waals surface area (Å²) in [5, 5.41) is 0.479. The molecule has 0 bridgehead atoms. The van der Waals surface area contributed by atoms with Gasteiger partial charge in [0.05, 0.1) is 0 Å². The molecule has 1 aromatic heterocycles. The number of amides is 2. The van der Waals surface area contributed by atoms with Gasteiger partial charge in [-0.2, -0.15) is 0 Å². The maximum absolute atomic E-state index is 12.9. The number of likely N-dealkylation sites (tertiary alicyclic amines) is 1. The van der Waals surface area contributed by atoms with Crippen molar-refractivity contribution >= 4 is 29.4 Å². The van der Waals surface area contributed by atoms with Gasteiger partial charge in [-0.25, -0.2) is 9.78 Å². The van der Waals surface area contributed by atoms with Gasteiger partial charge in [-0.1, -0.05) is 17.7 Å². The molecule has 0 spiro atoms. The molecule has 0 aromatic carbocycles. The van der Waals surface area contributed by atoms with Gasteiger partial charge in [-0.3, -0.25) is 4.79 Å². The van der Waals surface area contributed by atoms with Crippen molar-refractivity contribution in [3.63, 3.8) is 0 Å². The van der Waals surface area contributed by atoms with E-state index in [1.807, 2.05) is 37.8 Å². The summed E-state index contributed by atoms with van der Waals surface area (Å²) >= 11 is 5.97. The van der Waals surface area contributed by atoms with Gasteiger partial charge in [0.2, 0.25) is 5.91 Å². The first-order chi connectivity index (χ1) is 13.2. The largest absolute Gasteiger partial charge is 0.444 e. The molecule has 0 N–H and O–H groups in total. The third kappa shape index (κ3) is 5.28. The zero-order valence-electron chi connectivity index (χ0n) is 16.9. The van der Waals surface area contributed by atoms with Crippen LogP contribution >= 0.6 is 11.6 Å². The van der Waals surface area contributed by atoms with E-state index < -0.39 is 5.60 Å². The highest BCUT2D eigenvalue weighted by Crippen LogP contribution is 2.23. The summed E-state index contributed by atoms with van der Waals surface area (Å²) in [4.78, 5) is 35.2.